The van der Waals surface area contributed by atoms with E-state index in [9.17, 15) is 21.9 Å². The minimum Gasteiger partial charge on any atom is -0.465 e. The number of hydrogen-bond acceptors (Lipinski definition) is 6. The second kappa shape index (κ2) is 5.72. The summed E-state index contributed by atoms with van der Waals surface area (Å²) in [4.78, 5) is 25.1. The lowest BCUT2D eigenvalue weighted by atomic mass is 10.1. The highest BCUT2D eigenvalue weighted by Gasteiger charge is 2.36. The molecule has 9 heteroatoms. The van der Waals surface area contributed by atoms with E-state index in [4.69, 9.17) is 4.74 Å². The maximum atomic E-state index is 12.7. The number of ether oxygens (including phenoxy) is 1. The van der Waals surface area contributed by atoms with Crippen molar-refractivity contribution in [2.24, 2.45) is 5.92 Å². The highest BCUT2D eigenvalue weighted by atomic mass is 32.3. The van der Waals surface area contributed by atoms with Crippen LogP contribution in [0.5, 0.6) is 0 Å². The first kappa shape index (κ1) is 15.9. The topological polar surface area (TPSA) is 80.8 Å². The van der Waals surface area contributed by atoms with Crippen LogP contribution in [-0.2, 0) is 19.8 Å². The maximum Gasteiger partial charge on any atom is 0.341 e. The van der Waals surface area contributed by atoms with Crippen LogP contribution in [-0.4, -0.2) is 39.7 Å². The van der Waals surface area contributed by atoms with Gasteiger partial charge in [-0.2, -0.15) is 8.42 Å². The largest absolute Gasteiger partial charge is 0.465 e. The Labute approximate surface area is 125 Å². The molecule has 0 aliphatic carbocycles. The zero-order valence-corrected chi connectivity index (χ0v) is 13.1. The molecule has 0 radical (unpaired) electrons. The smallest absolute Gasteiger partial charge is 0.341 e. The predicted molar refractivity (Wildman–Crippen MR) is 75.8 cm³/mol. The fourth-order valence-electron chi connectivity index (χ4n) is 2.35. The summed E-state index contributed by atoms with van der Waals surface area (Å²) < 4.78 is 38.8. The molecule has 1 aliphatic rings. The van der Waals surface area contributed by atoms with Crippen LogP contribution in [0.2, 0.25) is 0 Å². The molecular formula is C12H14FNO5S2. The van der Waals surface area contributed by atoms with E-state index in [-0.39, 0.29) is 18.9 Å². The average molecular weight is 335 g/mol. The van der Waals surface area contributed by atoms with E-state index in [1.54, 1.807) is 12.3 Å². The Hall–Kier alpha value is -1.48. The van der Waals surface area contributed by atoms with Crippen LogP contribution in [0.3, 0.4) is 0 Å². The van der Waals surface area contributed by atoms with Crippen molar-refractivity contribution in [2.45, 2.75) is 13.3 Å². The lowest BCUT2D eigenvalue weighted by Crippen LogP contribution is -2.26. The minimum atomic E-state index is -4.63. The van der Waals surface area contributed by atoms with Gasteiger partial charge in [0.1, 0.15) is 5.00 Å². The van der Waals surface area contributed by atoms with Gasteiger partial charge in [-0.1, -0.05) is 0 Å². The maximum absolute atomic E-state index is 12.7. The first-order valence-corrected chi connectivity index (χ1v) is 8.55. The standard InChI is InChI=1S/C12H14FNO5S2/c1-7-5-20-11(10(7)12(16)19-2)14-4-8(3-9(14)15)6-21(13,17)18/h5,8H,3-4,6H2,1-2H3. The third-order valence-corrected chi connectivity index (χ3v) is 5.22. The van der Waals surface area contributed by atoms with Gasteiger partial charge in [0, 0.05) is 18.9 Å². The molecule has 1 amide bonds. The predicted octanol–water partition coefficient (Wildman–Crippen LogP) is 1.50. The SMILES string of the molecule is COC(=O)c1c(C)csc1N1CC(CS(=O)(=O)F)CC1=O. The van der Waals surface area contributed by atoms with Crippen LogP contribution in [0.1, 0.15) is 22.3 Å². The van der Waals surface area contributed by atoms with Crippen LogP contribution >= 0.6 is 11.3 Å². The molecule has 0 N–H and O–H groups in total. The van der Waals surface area contributed by atoms with Gasteiger partial charge in [-0.15, -0.1) is 15.2 Å². The molecule has 2 rings (SSSR count). The van der Waals surface area contributed by atoms with E-state index >= 15 is 0 Å². The summed E-state index contributed by atoms with van der Waals surface area (Å²) in [5.74, 6) is -2.18. The summed E-state index contributed by atoms with van der Waals surface area (Å²) in [6, 6.07) is 0. The molecule has 0 saturated carbocycles. The van der Waals surface area contributed by atoms with Gasteiger partial charge < -0.3 is 9.64 Å². The molecule has 6 nitrogen and oxygen atoms in total. The molecular weight excluding hydrogens is 321 g/mol. The average Bonchev–Trinajstić information content (AvgIpc) is 2.89. The van der Waals surface area contributed by atoms with Crippen molar-refractivity contribution in [3.8, 4) is 0 Å². The molecule has 21 heavy (non-hydrogen) atoms. The van der Waals surface area contributed by atoms with Crippen LogP contribution < -0.4 is 4.90 Å². The number of esters is 1. The Balaban J connectivity index is 2.28. The third-order valence-electron chi connectivity index (χ3n) is 3.23. The van der Waals surface area contributed by atoms with E-state index in [0.29, 0.717) is 16.1 Å². The van der Waals surface area contributed by atoms with Crippen molar-refractivity contribution in [2.75, 3.05) is 24.3 Å². The zero-order valence-electron chi connectivity index (χ0n) is 11.5. The van der Waals surface area contributed by atoms with Gasteiger partial charge in [0.15, 0.2) is 0 Å². The molecule has 1 atom stereocenters. The number of thiophene rings is 1. The van der Waals surface area contributed by atoms with E-state index in [2.05, 4.69) is 0 Å². The molecule has 1 aliphatic heterocycles. The second-order valence-electron chi connectivity index (χ2n) is 4.87. The van der Waals surface area contributed by atoms with E-state index in [0.717, 1.165) is 0 Å². The highest BCUT2D eigenvalue weighted by molar-refractivity contribution is 7.86. The summed E-state index contributed by atoms with van der Waals surface area (Å²) in [5.41, 5.74) is 0.968. The number of carbonyl (C=O) groups is 2. The number of carbonyl (C=O) groups excluding carboxylic acids is 2. The van der Waals surface area contributed by atoms with Crippen molar-refractivity contribution in [3.63, 3.8) is 0 Å². The van der Waals surface area contributed by atoms with Crippen LogP contribution in [0.15, 0.2) is 5.38 Å². The molecule has 1 saturated heterocycles. The number of amides is 1. The number of halogens is 1. The third kappa shape index (κ3) is 3.41. The molecule has 116 valence electrons. The highest BCUT2D eigenvalue weighted by Crippen LogP contribution is 2.36. The first-order valence-electron chi connectivity index (χ1n) is 6.12. The van der Waals surface area contributed by atoms with Gasteiger partial charge in [0.2, 0.25) is 5.91 Å². The Morgan fingerprint density at radius 3 is 2.81 bits per heavy atom. The van der Waals surface area contributed by atoms with Crippen molar-refractivity contribution in [1.29, 1.82) is 0 Å². The van der Waals surface area contributed by atoms with Gasteiger partial charge in [-0.25, -0.2) is 4.79 Å². The van der Waals surface area contributed by atoms with Crippen LogP contribution in [0.4, 0.5) is 8.89 Å². The number of hydrogen-bond donors (Lipinski definition) is 0. The van der Waals surface area contributed by atoms with Gasteiger partial charge in [-0.05, 0) is 17.9 Å². The lowest BCUT2D eigenvalue weighted by molar-refractivity contribution is -0.117. The number of nitrogens with zero attached hydrogens (tertiary/aromatic N) is 1. The van der Waals surface area contributed by atoms with E-state index in [1.165, 1.54) is 23.3 Å². The van der Waals surface area contributed by atoms with Crippen molar-refractivity contribution >= 4 is 38.4 Å². The monoisotopic (exact) mass is 335 g/mol. The molecule has 1 aromatic heterocycles. The first-order chi connectivity index (χ1) is 9.73. The summed E-state index contributed by atoms with van der Waals surface area (Å²) in [7, 11) is -3.39. The molecule has 1 aromatic rings. The number of aryl methyl sites for hydroxylation is 1. The zero-order chi connectivity index (χ0) is 15.8. The minimum absolute atomic E-state index is 0.0549. The Morgan fingerprint density at radius 1 is 1.57 bits per heavy atom. The summed E-state index contributed by atoms with van der Waals surface area (Å²) in [6.45, 7) is 1.79. The van der Waals surface area contributed by atoms with Crippen molar-refractivity contribution in [3.05, 3.63) is 16.5 Å². The number of anilines is 1. The fraction of sp³-hybridized carbons (Fsp3) is 0.500. The van der Waals surface area contributed by atoms with Gasteiger partial charge in [0.25, 0.3) is 0 Å². The summed E-state index contributed by atoms with van der Waals surface area (Å²) >= 11 is 1.20. The summed E-state index contributed by atoms with van der Waals surface area (Å²) in [6.07, 6.45) is -0.0549. The van der Waals surface area contributed by atoms with Crippen molar-refractivity contribution in [1.82, 2.24) is 0 Å². The Bertz CT molecular complexity index is 682. The normalized spacial score (nSPS) is 19.1. The van der Waals surface area contributed by atoms with Crippen LogP contribution in [0.25, 0.3) is 0 Å². The molecule has 2 heterocycles. The molecule has 1 unspecified atom stereocenters. The van der Waals surface area contributed by atoms with Gasteiger partial charge in [0.05, 0.1) is 18.4 Å². The second-order valence-corrected chi connectivity index (χ2v) is 7.14. The van der Waals surface area contributed by atoms with Gasteiger partial charge in [-0.3, -0.25) is 4.79 Å². The van der Waals surface area contributed by atoms with E-state index < -0.39 is 27.9 Å². The quantitative estimate of drug-likeness (QED) is 0.615. The molecule has 0 aromatic carbocycles. The number of rotatable bonds is 4. The van der Waals surface area contributed by atoms with Gasteiger partial charge >= 0.3 is 16.2 Å². The lowest BCUT2D eigenvalue weighted by Gasteiger charge is -2.16. The van der Waals surface area contributed by atoms with Crippen LogP contribution in [0, 0.1) is 12.8 Å². The molecule has 0 bridgehead atoms. The Kier molecular flexibility index (Phi) is 4.33. The molecule has 0 spiro atoms. The fourth-order valence-corrected chi connectivity index (χ4v) is 4.21. The Morgan fingerprint density at radius 2 is 2.24 bits per heavy atom. The van der Waals surface area contributed by atoms with Crippen molar-refractivity contribution < 1.29 is 26.6 Å². The van der Waals surface area contributed by atoms with E-state index in [1.807, 2.05) is 0 Å². The number of methoxy groups -OCH3 is 1. The molecule has 1 fully saturated rings. The summed E-state index contributed by atoms with van der Waals surface area (Å²) in [5, 5.41) is 2.14.